The normalized spacial score (nSPS) is 15.2. The maximum atomic E-state index is 12.3. The number of methoxy groups -OCH3 is 1. The van der Waals surface area contributed by atoms with Crippen LogP contribution in [0.25, 0.3) is 0 Å². The first-order chi connectivity index (χ1) is 9.65. The third-order valence-electron chi connectivity index (χ3n) is 3.44. The lowest BCUT2D eigenvalue weighted by Gasteiger charge is -2.25. The van der Waals surface area contributed by atoms with Gasteiger partial charge in [-0.3, -0.25) is 4.79 Å². The Morgan fingerprint density at radius 1 is 1.50 bits per heavy atom. The summed E-state index contributed by atoms with van der Waals surface area (Å²) in [4.78, 5) is 14.2. The molecule has 1 atom stereocenters. The molecule has 4 nitrogen and oxygen atoms in total. The van der Waals surface area contributed by atoms with Gasteiger partial charge in [0.15, 0.2) is 0 Å². The second-order valence-corrected chi connectivity index (χ2v) is 5.06. The summed E-state index contributed by atoms with van der Waals surface area (Å²) in [5, 5.41) is 0. The molecule has 1 saturated carbocycles. The van der Waals surface area contributed by atoms with Gasteiger partial charge in [0.05, 0.1) is 13.2 Å². The summed E-state index contributed by atoms with van der Waals surface area (Å²) in [6, 6.07) is 7.44. The Labute approximate surface area is 119 Å². The Morgan fingerprint density at radius 3 is 2.65 bits per heavy atom. The number of carbonyl (C=O) groups is 1. The molecule has 0 spiro atoms. The highest BCUT2D eigenvalue weighted by Gasteiger charge is 2.34. The lowest BCUT2D eigenvalue weighted by atomic mass is 10.1. The summed E-state index contributed by atoms with van der Waals surface area (Å²) in [7, 11) is 1.63. The SMILES string of the molecule is C#CCC(N)C(=O)N(Cc1ccc(OC)cc1)C1CC1. The van der Waals surface area contributed by atoms with E-state index < -0.39 is 6.04 Å². The van der Waals surface area contributed by atoms with E-state index >= 15 is 0 Å². The van der Waals surface area contributed by atoms with Crippen LogP contribution >= 0.6 is 0 Å². The summed E-state index contributed by atoms with van der Waals surface area (Å²) in [6.45, 7) is 0.575. The highest BCUT2D eigenvalue weighted by Crippen LogP contribution is 2.29. The quantitative estimate of drug-likeness (QED) is 0.799. The molecule has 2 N–H and O–H groups in total. The maximum absolute atomic E-state index is 12.3. The second kappa shape index (κ2) is 6.44. The number of nitrogens with zero attached hydrogens (tertiary/aromatic N) is 1. The first kappa shape index (κ1) is 14.4. The summed E-state index contributed by atoms with van der Waals surface area (Å²) in [5.41, 5.74) is 6.91. The maximum Gasteiger partial charge on any atom is 0.241 e. The molecule has 1 unspecified atom stereocenters. The Bertz CT molecular complexity index is 500. The summed E-state index contributed by atoms with van der Waals surface area (Å²) < 4.78 is 5.13. The van der Waals surface area contributed by atoms with E-state index in [1.165, 1.54) is 0 Å². The van der Waals surface area contributed by atoms with Crippen molar-refractivity contribution in [3.8, 4) is 18.1 Å². The second-order valence-electron chi connectivity index (χ2n) is 5.06. The number of terminal acetylenes is 1. The minimum atomic E-state index is -0.598. The number of nitrogens with two attached hydrogens (primary N) is 1. The van der Waals surface area contributed by atoms with Crippen molar-refractivity contribution in [2.45, 2.75) is 37.9 Å². The standard InChI is InChI=1S/C16H20N2O2/c1-3-4-15(17)16(19)18(13-7-8-13)11-12-5-9-14(20-2)10-6-12/h1,5-6,9-10,13,15H,4,7-8,11,17H2,2H3. The van der Waals surface area contributed by atoms with Crippen molar-refractivity contribution >= 4 is 5.91 Å². The molecule has 106 valence electrons. The molecular formula is C16H20N2O2. The average molecular weight is 272 g/mol. The Hall–Kier alpha value is -1.99. The van der Waals surface area contributed by atoms with Crippen molar-refractivity contribution in [2.75, 3.05) is 7.11 Å². The van der Waals surface area contributed by atoms with Crippen molar-refractivity contribution in [3.63, 3.8) is 0 Å². The number of benzene rings is 1. The van der Waals surface area contributed by atoms with Crippen LogP contribution in [0.3, 0.4) is 0 Å². The number of ether oxygens (including phenoxy) is 1. The molecular weight excluding hydrogens is 252 g/mol. The van der Waals surface area contributed by atoms with Gasteiger partial charge in [0, 0.05) is 19.0 Å². The Balaban J connectivity index is 2.05. The zero-order valence-corrected chi connectivity index (χ0v) is 11.7. The molecule has 20 heavy (non-hydrogen) atoms. The highest BCUT2D eigenvalue weighted by atomic mass is 16.5. The number of amides is 1. The van der Waals surface area contributed by atoms with E-state index in [4.69, 9.17) is 16.9 Å². The van der Waals surface area contributed by atoms with Gasteiger partial charge in [-0.05, 0) is 30.5 Å². The summed E-state index contributed by atoms with van der Waals surface area (Å²) >= 11 is 0. The van der Waals surface area contributed by atoms with E-state index in [1.807, 2.05) is 29.2 Å². The van der Waals surface area contributed by atoms with Crippen LogP contribution in [0, 0.1) is 12.3 Å². The Kier molecular flexibility index (Phi) is 4.65. The highest BCUT2D eigenvalue weighted by molar-refractivity contribution is 5.82. The average Bonchev–Trinajstić information content (AvgIpc) is 3.29. The van der Waals surface area contributed by atoms with Gasteiger partial charge in [0.25, 0.3) is 0 Å². The van der Waals surface area contributed by atoms with E-state index in [-0.39, 0.29) is 12.3 Å². The first-order valence-corrected chi connectivity index (χ1v) is 6.78. The molecule has 0 saturated heterocycles. The molecule has 1 aliphatic carbocycles. The van der Waals surface area contributed by atoms with Crippen molar-refractivity contribution in [2.24, 2.45) is 5.73 Å². The smallest absolute Gasteiger partial charge is 0.241 e. The molecule has 1 aromatic carbocycles. The minimum absolute atomic E-state index is 0.0544. The fourth-order valence-corrected chi connectivity index (χ4v) is 2.13. The predicted octanol–water partition coefficient (Wildman–Crippen LogP) is 1.54. The van der Waals surface area contributed by atoms with E-state index in [1.54, 1.807) is 7.11 Å². The monoisotopic (exact) mass is 272 g/mol. The molecule has 4 heteroatoms. The van der Waals surface area contributed by atoms with E-state index in [0.717, 1.165) is 24.2 Å². The molecule has 0 heterocycles. The van der Waals surface area contributed by atoms with Crippen molar-refractivity contribution < 1.29 is 9.53 Å². The van der Waals surface area contributed by atoms with Gasteiger partial charge in [-0.2, -0.15) is 0 Å². The van der Waals surface area contributed by atoms with Gasteiger partial charge < -0.3 is 15.4 Å². The molecule has 2 rings (SSSR count). The van der Waals surface area contributed by atoms with Crippen molar-refractivity contribution in [3.05, 3.63) is 29.8 Å². The molecule has 0 bridgehead atoms. The van der Waals surface area contributed by atoms with Crippen LogP contribution in [-0.2, 0) is 11.3 Å². The third-order valence-corrected chi connectivity index (χ3v) is 3.44. The molecule has 0 radical (unpaired) electrons. The van der Waals surface area contributed by atoms with Gasteiger partial charge in [-0.25, -0.2) is 0 Å². The van der Waals surface area contributed by atoms with Crippen LogP contribution in [0.15, 0.2) is 24.3 Å². The summed E-state index contributed by atoms with van der Waals surface area (Å²) in [5.74, 6) is 3.21. The number of rotatable bonds is 6. The molecule has 1 fully saturated rings. The zero-order chi connectivity index (χ0) is 14.5. The van der Waals surface area contributed by atoms with Crippen LogP contribution in [0.5, 0.6) is 5.75 Å². The molecule has 1 amide bonds. The number of hydrogen-bond acceptors (Lipinski definition) is 3. The van der Waals surface area contributed by atoms with Gasteiger partial charge in [0.1, 0.15) is 5.75 Å². The topological polar surface area (TPSA) is 55.6 Å². The Morgan fingerprint density at radius 2 is 2.15 bits per heavy atom. The van der Waals surface area contributed by atoms with Crippen LogP contribution < -0.4 is 10.5 Å². The third kappa shape index (κ3) is 3.52. The molecule has 0 aromatic heterocycles. The van der Waals surface area contributed by atoms with E-state index in [0.29, 0.717) is 12.6 Å². The van der Waals surface area contributed by atoms with Crippen LogP contribution in [0.1, 0.15) is 24.8 Å². The van der Waals surface area contributed by atoms with Gasteiger partial charge in [0.2, 0.25) is 5.91 Å². The van der Waals surface area contributed by atoms with Gasteiger partial charge in [-0.15, -0.1) is 12.3 Å². The van der Waals surface area contributed by atoms with Crippen molar-refractivity contribution in [1.29, 1.82) is 0 Å². The largest absolute Gasteiger partial charge is 0.497 e. The number of carbonyl (C=O) groups excluding carboxylic acids is 1. The zero-order valence-electron chi connectivity index (χ0n) is 11.7. The van der Waals surface area contributed by atoms with Crippen LogP contribution in [-0.4, -0.2) is 30.0 Å². The predicted molar refractivity (Wildman–Crippen MR) is 78.0 cm³/mol. The van der Waals surface area contributed by atoms with Crippen molar-refractivity contribution in [1.82, 2.24) is 4.90 Å². The van der Waals surface area contributed by atoms with Crippen LogP contribution in [0.4, 0.5) is 0 Å². The molecule has 0 aliphatic heterocycles. The van der Waals surface area contributed by atoms with Crippen LogP contribution in [0.2, 0.25) is 0 Å². The van der Waals surface area contributed by atoms with E-state index in [9.17, 15) is 4.79 Å². The fourth-order valence-electron chi connectivity index (χ4n) is 2.13. The summed E-state index contributed by atoms with van der Waals surface area (Å²) in [6.07, 6.45) is 7.60. The minimum Gasteiger partial charge on any atom is -0.497 e. The fraction of sp³-hybridized carbons (Fsp3) is 0.438. The lowest BCUT2D eigenvalue weighted by molar-refractivity contribution is -0.133. The van der Waals surface area contributed by atoms with Gasteiger partial charge >= 0.3 is 0 Å². The van der Waals surface area contributed by atoms with E-state index in [2.05, 4.69) is 5.92 Å². The van der Waals surface area contributed by atoms with Gasteiger partial charge in [-0.1, -0.05) is 12.1 Å². The first-order valence-electron chi connectivity index (χ1n) is 6.78. The molecule has 1 aromatic rings. The molecule has 1 aliphatic rings. The number of hydrogen-bond donors (Lipinski definition) is 1. The lowest BCUT2D eigenvalue weighted by Crippen LogP contribution is -2.44.